The van der Waals surface area contributed by atoms with Crippen molar-refractivity contribution in [3.8, 4) is 0 Å². The Morgan fingerprint density at radius 3 is 2.42 bits per heavy atom. The van der Waals surface area contributed by atoms with E-state index in [0.29, 0.717) is 5.56 Å². The van der Waals surface area contributed by atoms with E-state index in [0.717, 1.165) is 5.56 Å². The topological polar surface area (TPSA) is 78.5 Å². The highest BCUT2D eigenvalue weighted by Gasteiger charge is 2.12. The molecule has 0 radical (unpaired) electrons. The van der Waals surface area contributed by atoms with Gasteiger partial charge in [-0.25, -0.2) is 4.39 Å². The average Bonchev–Trinajstić information content (AvgIpc) is 2.64. The van der Waals surface area contributed by atoms with E-state index in [1.165, 1.54) is 23.1 Å². The maximum absolute atomic E-state index is 13.5. The van der Waals surface area contributed by atoms with Crippen LogP contribution in [0, 0.1) is 5.82 Å². The Morgan fingerprint density at radius 2 is 1.73 bits per heavy atom. The molecule has 0 saturated heterocycles. The molecule has 0 saturated carbocycles. The minimum absolute atomic E-state index is 0.116. The number of nitrogens with one attached hydrogen (secondary N) is 2. The highest BCUT2D eigenvalue weighted by atomic mass is 19.1. The molecule has 3 amide bonds. The van der Waals surface area contributed by atoms with Gasteiger partial charge < -0.3 is 15.5 Å². The van der Waals surface area contributed by atoms with E-state index in [9.17, 15) is 18.8 Å². The van der Waals surface area contributed by atoms with Gasteiger partial charge in [0.25, 0.3) is 11.8 Å². The zero-order valence-electron chi connectivity index (χ0n) is 14.6. The molecule has 0 aliphatic heterocycles. The highest BCUT2D eigenvalue weighted by molar-refractivity contribution is 5.96. The summed E-state index contributed by atoms with van der Waals surface area (Å²) in [7, 11) is 3.32. The minimum atomic E-state index is -0.656. The third-order valence-electron chi connectivity index (χ3n) is 3.60. The van der Waals surface area contributed by atoms with E-state index < -0.39 is 17.6 Å². The molecule has 0 fully saturated rings. The van der Waals surface area contributed by atoms with Crippen LogP contribution in [-0.4, -0.2) is 43.3 Å². The second kappa shape index (κ2) is 8.75. The van der Waals surface area contributed by atoms with Gasteiger partial charge in [-0.2, -0.15) is 0 Å². The van der Waals surface area contributed by atoms with Gasteiger partial charge in [-0.15, -0.1) is 0 Å². The van der Waals surface area contributed by atoms with Crippen LogP contribution in [0.4, 0.5) is 4.39 Å². The fourth-order valence-corrected chi connectivity index (χ4v) is 2.24. The molecule has 136 valence electrons. The second-order valence-corrected chi connectivity index (χ2v) is 5.84. The Hall–Kier alpha value is -3.22. The molecule has 0 aliphatic rings. The van der Waals surface area contributed by atoms with Crippen molar-refractivity contribution in [2.45, 2.75) is 6.54 Å². The number of nitrogens with zero attached hydrogens (tertiary/aromatic N) is 1. The van der Waals surface area contributed by atoms with Gasteiger partial charge in [0.1, 0.15) is 5.82 Å². The molecule has 0 aliphatic carbocycles. The van der Waals surface area contributed by atoms with Crippen molar-refractivity contribution in [2.75, 3.05) is 20.6 Å². The van der Waals surface area contributed by atoms with Crippen LogP contribution in [0.5, 0.6) is 0 Å². The smallest absolute Gasteiger partial charge is 0.254 e. The quantitative estimate of drug-likeness (QED) is 0.824. The van der Waals surface area contributed by atoms with Crippen molar-refractivity contribution >= 4 is 17.7 Å². The first kappa shape index (κ1) is 19.1. The Labute approximate surface area is 151 Å². The predicted octanol–water partition coefficient (Wildman–Crippen LogP) is 1.57. The number of halogens is 1. The maximum Gasteiger partial charge on any atom is 0.254 e. The summed E-state index contributed by atoms with van der Waals surface area (Å²) in [5.41, 5.74) is 1.16. The third-order valence-corrected chi connectivity index (χ3v) is 3.60. The molecule has 26 heavy (non-hydrogen) atoms. The van der Waals surface area contributed by atoms with Gasteiger partial charge in [-0.3, -0.25) is 14.4 Å². The molecule has 7 heteroatoms. The zero-order valence-corrected chi connectivity index (χ0v) is 14.6. The summed E-state index contributed by atoms with van der Waals surface area (Å²) < 4.78 is 13.5. The van der Waals surface area contributed by atoms with Crippen molar-refractivity contribution in [3.63, 3.8) is 0 Å². The van der Waals surface area contributed by atoms with Gasteiger partial charge >= 0.3 is 0 Å². The normalized spacial score (nSPS) is 10.1. The molecule has 6 nitrogen and oxygen atoms in total. The summed E-state index contributed by atoms with van der Waals surface area (Å²) in [4.78, 5) is 37.1. The summed E-state index contributed by atoms with van der Waals surface area (Å²) in [5.74, 6) is -1.85. The van der Waals surface area contributed by atoms with Crippen LogP contribution in [0.25, 0.3) is 0 Å². The fraction of sp³-hybridized carbons (Fsp3) is 0.211. The van der Waals surface area contributed by atoms with Crippen molar-refractivity contribution in [3.05, 3.63) is 71.0 Å². The Kier molecular flexibility index (Phi) is 6.43. The van der Waals surface area contributed by atoms with Gasteiger partial charge in [0.2, 0.25) is 5.91 Å². The molecular formula is C19H20FN3O3. The summed E-state index contributed by atoms with van der Waals surface area (Å²) in [6, 6.07) is 12.5. The number of hydrogen-bond acceptors (Lipinski definition) is 3. The molecule has 2 aromatic carbocycles. The van der Waals surface area contributed by atoms with E-state index in [2.05, 4.69) is 10.6 Å². The fourth-order valence-electron chi connectivity index (χ4n) is 2.24. The summed E-state index contributed by atoms with van der Waals surface area (Å²) >= 11 is 0. The van der Waals surface area contributed by atoms with E-state index >= 15 is 0 Å². The summed E-state index contributed by atoms with van der Waals surface area (Å²) in [5, 5.41) is 5.01. The van der Waals surface area contributed by atoms with E-state index in [4.69, 9.17) is 0 Å². The molecular weight excluding hydrogens is 337 g/mol. The van der Waals surface area contributed by atoms with Gasteiger partial charge in [0, 0.05) is 26.2 Å². The van der Waals surface area contributed by atoms with Gasteiger partial charge in [-0.1, -0.05) is 24.3 Å². The van der Waals surface area contributed by atoms with E-state index in [1.807, 2.05) is 0 Å². The maximum atomic E-state index is 13.5. The zero-order chi connectivity index (χ0) is 19.1. The third kappa shape index (κ3) is 5.14. The van der Waals surface area contributed by atoms with Gasteiger partial charge in [0.05, 0.1) is 12.1 Å². The van der Waals surface area contributed by atoms with Crippen molar-refractivity contribution in [1.82, 2.24) is 15.5 Å². The molecule has 2 aromatic rings. The minimum Gasteiger partial charge on any atom is -0.350 e. The van der Waals surface area contributed by atoms with Crippen LogP contribution in [0.1, 0.15) is 26.3 Å². The Morgan fingerprint density at radius 1 is 1.00 bits per heavy atom. The lowest BCUT2D eigenvalue weighted by Gasteiger charge is -2.12. The average molecular weight is 357 g/mol. The molecule has 0 bridgehead atoms. The number of rotatable bonds is 6. The summed E-state index contributed by atoms with van der Waals surface area (Å²) in [6.07, 6.45) is 0. The van der Waals surface area contributed by atoms with Gasteiger partial charge in [-0.05, 0) is 29.8 Å². The lowest BCUT2D eigenvalue weighted by molar-refractivity contribution is -0.120. The number of amides is 3. The molecule has 0 aromatic heterocycles. The number of hydrogen-bond donors (Lipinski definition) is 2. The molecule has 0 spiro atoms. The van der Waals surface area contributed by atoms with Crippen LogP contribution < -0.4 is 10.6 Å². The predicted molar refractivity (Wildman–Crippen MR) is 95.0 cm³/mol. The molecule has 2 N–H and O–H groups in total. The monoisotopic (exact) mass is 357 g/mol. The number of carbonyl (C=O) groups excluding carboxylic acids is 3. The SMILES string of the molecule is CN(C)C(=O)c1cccc(CNC(=O)CNC(=O)c2ccccc2F)c1. The van der Waals surface area contributed by atoms with E-state index in [1.54, 1.807) is 44.4 Å². The number of benzene rings is 2. The van der Waals surface area contributed by atoms with Crippen LogP contribution in [-0.2, 0) is 11.3 Å². The highest BCUT2D eigenvalue weighted by Crippen LogP contribution is 2.07. The largest absolute Gasteiger partial charge is 0.350 e. The van der Waals surface area contributed by atoms with Crippen LogP contribution in [0.3, 0.4) is 0 Å². The Balaban J connectivity index is 1.86. The van der Waals surface area contributed by atoms with Crippen molar-refractivity contribution in [1.29, 1.82) is 0 Å². The standard InChI is InChI=1S/C19H20FN3O3/c1-23(2)19(26)14-7-5-6-13(10-14)11-21-17(24)12-22-18(25)15-8-3-4-9-16(15)20/h3-10H,11-12H2,1-2H3,(H,21,24)(H,22,25). The van der Waals surface area contributed by atoms with Crippen molar-refractivity contribution in [2.24, 2.45) is 0 Å². The first-order valence-corrected chi connectivity index (χ1v) is 7.98. The van der Waals surface area contributed by atoms with Crippen LogP contribution in [0.15, 0.2) is 48.5 Å². The summed E-state index contributed by atoms with van der Waals surface area (Å²) in [6.45, 7) is -0.0631. The first-order valence-electron chi connectivity index (χ1n) is 7.98. The van der Waals surface area contributed by atoms with Crippen molar-refractivity contribution < 1.29 is 18.8 Å². The lowest BCUT2D eigenvalue weighted by Crippen LogP contribution is -2.36. The van der Waals surface area contributed by atoms with Gasteiger partial charge in [0.15, 0.2) is 0 Å². The Bertz CT molecular complexity index is 821. The van der Waals surface area contributed by atoms with Crippen LogP contribution in [0.2, 0.25) is 0 Å². The molecule has 2 rings (SSSR count). The van der Waals surface area contributed by atoms with Crippen LogP contribution >= 0.6 is 0 Å². The molecule has 0 unspecified atom stereocenters. The number of carbonyl (C=O) groups is 3. The first-order chi connectivity index (χ1) is 12.4. The van der Waals surface area contributed by atoms with E-state index in [-0.39, 0.29) is 24.6 Å². The molecule has 0 heterocycles. The molecule has 0 atom stereocenters. The second-order valence-electron chi connectivity index (χ2n) is 5.84. The lowest BCUT2D eigenvalue weighted by atomic mass is 10.1.